The number of hydrogen-bond donors (Lipinski definition) is 1. The van der Waals surface area contributed by atoms with Crippen molar-refractivity contribution in [3.8, 4) is 0 Å². The summed E-state index contributed by atoms with van der Waals surface area (Å²) in [7, 11) is 0. The van der Waals surface area contributed by atoms with Crippen LogP contribution in [0, 0.1) is 0 Å². The second kappa shape index (κ2) is 7.18. The normalized spacial score (nSPS) is 16.9. The summed E-state index contributed by atoms with van der Waals surface area (Å²) in [4.78, 5) is 16.1. The lowest BCUT2D eigenvalue weighted by Crippen LogP contribution is -2.54. The topological polar surface area (TPSA) is 43.8 Å². The van der Waals surface area contributed by atoms with Crippen LogP contribution < -0.4 is 0 Å². The SMILES string of the molecule is CC(C)(O)C(=O)N1CCN(CCc2ccc(Cl)c(Cl)c2)CC1. The van der Waals surface area contributed by atoms with Crippen molar-refractivity contribution in [2.75, 3.05) is 32.7 Å². The van der Waals surface area contributed by atoms with Gasteiger partial charge >= 0.3 is 0 Å². The first-order chi connectivity index (χ1) is 10.3. The van der Waals surface area contributed by atoms with Gasteiger partial charge in [0.05, 0.1) is 10.0 Å². The van der Waals surface area contributed by atoms with Crippen LogP contribution in [0.5, 0.6) is 0 Å². The molecule has 0 atom stereocenters. The predicted molar refractivity (Wildman–Crippen MR) is 89.5 cm³/mol. The van der Waals surface area contributed by atoms with Crippen LogP contribution in [0.3, 0.4) is 0 Å². The molecular formula is C16H22Cl2N2O2. The minimum absolute atomic E-state index is 0.198. The fourth-order valence-electron chi connectivity index (χ4n) is 2.54. The number of piperazine rings is 1. The van der Waals surface area contributed by atoms with Crippen molar-refractivity contribution in [2.24, 2.45) is 0 Å². The van der Waals surface area contributed by atoms with Crippen LogP contribution in [0.1, 0.15) is 19.4 Å². The summed E-state index contributed by atoms with van der Waals surface area (Å²) in [6.45, 7) is 6.95. The second-order valence-electron chi connectivity index (χ2n) is 6.19. The van der Waals surface area contributed by atoms with E-state index >= 15 is 0 Å². The van der Waals surface area contributed by atoms with Crippen LogP contribution >= 0.6 is 23.2 Å². The van der Waals surface area contributed by atoms with Crippen molar-refractivity contribution in [2.45, 2.75) is 25.9 Å². The van der Waals surface area contributed by atoms with Gasteiger partial charge in [0.1, 0.15) is 5.60 Å². The molecule has 0 radical (unpaired) electrons. The summed E-state index contributed by atoms with van der Waals surface area (Å²) in [5.41, 5.74) is -0.133. The summed E-state index contributed by atoms with van der Waals surface area (Å²) >= 11 is 11.9. The van der Waals surface area contributed by atoms with Gasteiger partial charge in [0.25, 0.3) is 5.91 Å². The molecule has 0 bridgehead atoms. The summed E-state index contributed by atoms with van der Waals surface area (Å²) in [5.74, 6) is -0.198. The highest BCUT2D eigenvalue weighted by molar-refractivity contribution is 6.42. The van der Waals surface area contributed by atoms with Gasteiger partial charge in [0, 0.05) is 32.7 Å². The maximum Gasteiger partial charge on any atom is 0.254 e. The maximum atomic E-state index is 12.0. The van der Waals surface area contributed by atoms with Crippen molar-refractivity contribution in [1.82, 2.24) is 9.80 Å². The molecule has 1 amide bonds. The lowest BCUT2D eigenvalue weighted by atomic mass is 10.1. The van der Waals surface area contributed by atoms with E-state index in [9.17, 15) is 9.90 Å². The molecule has 6 heteroatoms. The van der Waals surface area contributed by atoms with Gasteiger partial charge in [-0.25, -0.2) is 0 Å². The summed E-state index contributed by atoms with van der Waals surface area (Å²) in [6, 6.07) is 5.71. The fraction of sp³-hybridized carbons (Fsp3) is 0.562. The number of benzene rings is 1. The third-order valence-electron chi connectivity index (χ3n) is 3.88. The van der Waals surface area contributed by atoms with Crippen LogP contribution in [-0.4, -0.2) is 59.1 Å². The monoisotopic (exact) mass is 344 g/mol. The van der Waals surface area contributed by atoms with Gasteiger partial charge in [-0.1, -0.05) is 29.3 Å². The first-order valence-corrected chi connectivity index (χ1v) is 8.21. The molecular weight excluding hydrogens is 323 g/mol. The quantitative estimate of drug-likeness (QED) is 0.912. The first kappa shape index (κ1) is 17.5. The van der Waals surface area contributed by atoms with Crippen LogP contribution in [0.4, 0.5) is 0 Å². The Kier molecular flexibility index (Phi) is 5.72. The molecule has 2 rings (SSSR count). The molecule has 1 fully saturated rings. The molecule has 1 saturated heterocycles. The lowest BCUT2D eigenvalue weighted by molar-refractivity contribution is -0.149. The molecule has 0 aliphatic carbocycles. The Hall–Kier alpha value is -0.810. The minimum Gasteiger partial charge on any atom is -0.381 e. The molecule has 1 aromatic carbocycles. The number of aliphatic hydroxyl groups is 1. The molecule has 1 aliphatic rings. The summed E-state index contributed by atoms with van der Waals surface area (Å²) in [6.07, 6.45) is 0.899. The van der Waals surface area contributed by atoms with E-state index in [1.165, 1.54) is 13.8 Å². The minimum atomic E-state index is -1.29. The van der Waals surface area contributed by atoms with Crippen molar-refractivity contribution < 1.29 is 9.90 Å². The standard InChI is InChI=1S/C16H22Cl2N2O2/c1-16(2,22)15(21)20-9-7-19(8-10-20)6-5-12-3-4-13(17)14(18)11-12/h3-4,11,22H,5-10H2,1-2H3. The van der Waals surface area contributed by atoms with Gasteiger partial charge < -0.3 is 10.0 Å². The molecule has 0 saturated carbocycles. The van der Waals surface area contributed by atoms with E-state index in [4.69, 9.17) is 23.2 Å². The maximum absolute atomic E-state index is 12.0. The largest absolute Gasteiger partial charge is 0.381 e. The Morgan fingerprint density at radius 3 is 2.36 bits per heavy atom. The number of rotatable bonds is 4. The van der Waals surface area contributed by atoms with E-state index in [1.807, 2.05) is 18.2 Å². The molecule has 1 aromatic rings. The Morgan fingerprint density at radius 2 is 1.82 bits per heavy atom. The number of carbonyl (C=O) groups excluding carboxylic acids is 1. The van der Waals surface area contributed by atoms with Crippen LogP contribution in [-0.2, 0) is 11.2 Å². The van der Waals surface area contributed by atoms with Crippen molar-refractivity contribution >= 4 is 29.1 Å². The highest BCUT2D eigenvalue weighted by Gasteiger charge is 2.31. The first-order valence-electron chi connectivity index (χ1n) is 7.45. The van der Waals surface area contributed by atoms with Crippen LogP contribution in [0.25, 0.3) is 0 Å². The number of carbonyl (C=O) groups is 1. The molecule has 22 heavy (non-hydrogen) atoms. The molecule has 1 N–H and O–H groups in total. The van der Waals surface area contributed by atoms with E-state index < -0.39 is 5.60 Å². The summed E-state index contributed by atoms with van der Waals surface area (Å²) in [5, 5.41) is 10.9. The van der Waals surface area contributed by atoms with Crippen LogP contribution in [0.15, 0.2) is 18.2 Å². The Bertz CT molecular complexity index is 535. The van der Waals surface area contributed by atoms with E-state index in [1.54, 1.807) is 4.90 Å². The molecule has 4 nitrogen and oxygen atoms in total. The highest BCUT2D eigenvalue weighted by Crippen LogP contribution is 2.23. The summed E-state index contributed by atoms with van der Waals surface area (Å²) < 4.78 is 0. The Balaban J connectivity index is 1.80. The third-order valence-corrected chi connectivity index (χ3v) is 4.62. The molecule has 1 aliphatic heterocycles. The average molecular weight is 345 g/mol. The van der Waals surface area contributed by atoms with Gasteiger partial charge in [0.2, 0.25) is 0 Å². The van der Waals surface area contributed by atoms with E-state index in [0.29, 0.717) is 23.1 Å². The van der Waals surface area contributed by atoms with Gasteiger partial charge in [-0.15, -0.1) is 0 Å². The molecule has 0 aromatic heterocycles. The smallest absolute Gasteiger partial charge is 0.254 e. The molecule has 0 unspecified atom stereocenters. The Morgan fingerprint density at radius 1 is 1.18 bits per heavy atom. The molecule has 1 heterocycles. The van der Waals surface area contributed by atoms with Crippen molar-refractivity contribution in [1.29, 1.82) is 0 Å². The zero-order chi connectivity index (χ0) is 16.3. The number of amides is 1. The van der Waals surface area contributed by atoms with E-state index in [2.05, 4.69) is 4.90 Å². The van der Waals surface area contributed by atoms with Gasteiger partial charge in [-0.3, -0.25) is 9.69 Å². The third kappa shape index (κ3) is 4.59. The van der Waals surface area contributed by atoms with E-state index in [-0.39, 0.29) is 5.91 Å². The van der Waals surface area contributed by atoms with Crippen molar-refractivity contribution in [3.63, 3.8) is 0 Å². The number of nitrogens with zero attached hydrogens (tertiary/aromatic N) is 2. The Labute approximate surface area is 141 Å². The van der Waals surface area contributed by atoms with Crippen LogP contribution in [0.2, 0.25) is 10.0 Å². The fourth-order valence-corrected chi connectivity index (χ4v) is 2.86. The number of hydrogen-bond acceptors (Lipinski definition) is 3. The van der Waals surface area contributed by atoms with Gasteiger partial charge in [0.15, 0.2) is 0 Å². The average Bonchev–Trinajstić information content (AvgIpc) is 2.47. The number of halogens is 2. The zero-order valence-electron chi connectivity index (χ0n) is 13.0. The molecule has 122 valence electrons. The zero-order valence-corrected chi connectivity index (χ0v) is 14.5. The van der Waals surface area contributed by atoms with E-state index in [0.717, 1.165) is 31.6 Å². The van der Waals surface area contributed by atoms with Gasteiger partial charge in [-0.05, 0) is 38.0 Å². The van der Waals surface area contributed by atoms with Crippen molar-refractivity contribution in [3.05, 3.63) is 33.8 Å². The second-order valence-corrected chi connectivity index (χ2v) is 7.01. The van der Waals surface area contributed by atoms with Gasteiger partial charge in [-0.2, -0.15) is 0 Å². The molecule has 0 spiro atoms. The highest BCUT2D eigenvalue weighted by atomic mass is 35.5. The lowest BCUT2D eigenvalue weighted by Gasteiger charge is -2.37. The predicted octanol–water partition coefficient (Wildman–Crippen LogP) is 2.45.